The van der Waals surface area contributed by atoms with Gasteiger partial charge >= 0.3 is 12.1 Å². The highest BCUT2D eigenvalue weighted by Gasteiger charge is 2.38. The number of carboxylic acids is 1. The minimum absolute atomic E-state index is 0.0978. The van der Waals surface area contributed by atoms with Crippen molar-refractivity contribution in [3.05, 3.63) is 52.0 Å². The molecule has 0 aromatic heterocycles. The first-order valence-electron chi connectivity index (χ1n) is 9.81. The quantitative estimate of drug-likeness (QED) is 0.552. The Morgan fingerprint density at radius 3 is 2.16 bits per heavy atom. The highest BCUT2D eigenvalue weighted by atomic mass is 79.9. The van der Waals surface area contributed by atoms with Gasteiger partial charge in [-0.3, -0.25) is 9.69 Å². The Morgan fingerprint density at radius 1 is 1.03 bits per heavy atom. The lowest BCUT2D eigenvalue weighted by Gasteiger charge is -2.44. The van der Waals surface area contributed by atoms with E-state index in [9.17, 15) is 18.0 Å². The summed E-state index contributed by atoms with van der Waals surface area (Å²) in [5, 5.41) is 7.12. The maximum atomic E-state index is 12.7. The highest BCUT2D eigenvalue weighted by Crippen LogP contribution is 2.40. The number of fused-ring (bicyclic) bond motifs is 6. The number of rotatable bonds is 2. The van der Waals surface area contributed by atoms with Gasteiger partial charge in [-0.2, -0.15) is 13.2 Å². The molecule has 1 atom stereocenters. The van der Waals surface area contributed by atoms with E-state index in [2.05, 4.69) is 20.8 Å². The molecule has 2 aromatic carbocycles. The van der Waals surface area contributed by atoms with E-state index in [1.807, 2.05) is 36.4 Å². The molecule has 164 valence electrons. The van der Waals surface area contributed by atoms with Gasteiger partial charge < -0.3 is 9.84 Å². The number of carbonyl (C=O) groups is 2. The van der Waals surface area contributed by atoms with Crippen molar-refractivity contribution < 1.29 is 32.6 Å². The van der Waals surface area contributed by atoms with Crippen LogP contribution in [0.15, 0.2) is 40.9 Å². The number of carbonyl (C=O) groups excluding carboxylic acids is 1. The molecule has 0 radical (unpaired) electrons. The molecule has 4 aliphatic rings. The second-order valence-electron chi connectivity index (χ2n) is 7.82. The molecule has 0 amide bonds. The highest BCUT2D eigenvalue weighted by molar-refractivity contribution is 9.10. The van der Waals surface area contributed by atoms with E-state index in [4.69, 9.17) is 14.6 Å². The number of hydrogen-bond acceptors (Lipinski definition) is 4. The molecule has 31 heavy (non-hydrogen) atoms. The number of hydrogen-bond donors (Lipinski definition) is 1. The lowest BCUT2D eigenvalue weighted by molar-refractivity contribution is -0.192. The lowest BCUT2D eigenvalue weighted by Crippen LogP contribution is -2.52. The first kappa shape index (κ1) is 21.8. The largest absolute Gasteiger partial charge is 0.490 e. The number of aliphatic carboxylic acids is 1. The summed E-state index contributed by atoms with van der Waals surface area (Å²) in [6, 6.07) is 11.9. The van der Waals surface area contributed by atoms with Crippen LogP contribution in [-0.2, 0) is 4.79 Å². The van der Waals surface area contributed by atoms with Crippen molar-refractivity contribution in [1.29, 1.82) is 0 Å². The van der Waals surface area contributed by atoms with Gasteiger partial charge in [-0.15, -0.1) is 0 Å². The third-order valence-corrected chi connectivity index (χ3v) is 6.37. The summed E-state index contributed by atoms with van der Waals surface area (Å²) >= 11 is 3.45. The van der Waals surface area contributed by atoms with Crippen LogP contribution in [0.5, 0.6) is 5.75 Å². The van der Waals surface area contributed by atoms with Crippen molar-refractivity contribution in [3.63, 3.8) is 0 Å². The number of ether oxygens (including phenoxy) is 1. The Kier molecular flexibility index (Phi) is 5.83. The third-order valence-electron chi connectivity index (χ3n) is 5.88. The minimum Gasteiger partial charge on any atom is -0.489 e. The van der Waals surface area contributed by atoms with Crippen molar-refractivity contribution in [3.8, 4) is 16.9 Å². The normalized spacial score (nSPS) is 23.5. The van der Waals surface area contributed by atoms with Crippen molar-refractivity contribution in [1.82, 2.24) is 4.90 Å². The summed E-state index contributed by atoms with van der Waals surface area (Å²) in [5.41, 5.74) is 3.58. The first-order valence-corrected chi connectivity index (χ1v) is 10.6. The molecule has 0 saturated carbocycles. The molecular weight excluding hydrogens is 479 g/mol. The molecule has 3 aliphatic heterocycles. The molecule has 3 fully saturated rings. The fourth-order valence-electron chi connectivity index (χ4n) is 4.32. The number of carboxylic acid groups (broad SMARTS) is 1. The lowest BCUT2D eigenvalue weighted by atomic mass is 9.86. The average Bonchev–Trinajstić information content (AvgIpc) is 3.00. The van der Waals surface area contributed by atoms with Crippen LogP contribution in [0, 0.1) is 5.92 Å². The van der Waals surface area contributed by atoms with Crippen molar-refractivity contribution in [2.45, 2.75) is 25.1 Å². The first-order chi connectivity index (χ1) is 14.6. The molecule has 3 heterocycles. The smallest absolute Gasteiger partial charge is 0.489 e. The number of halogens is 4. The Balaban J connectivity index is 0.000000289. The number of piperidine rings is 3. The van der Waals surface area contributed by atoms with Crippen LogP contribution in [0.25, 0.3) is 11.1 Å². The van der Waals surface area contributed by atoms with E-state index in [1.54, 1.807) is 0 Å². The number of alkyl halides is 3. The molecular formula is C22H19BrF3NO4. The van der Waals surface area contributed by atoms with Gasteiger partial charge in [0.05, 0.1) is 0 Å². The Bertz CT molecular complexity index is 1030. The van der Waals surface area contributed by atoms with Crippen molar-refractivity contribution in [2.24, 2.45) is 5.92 Å². The van der Waals surface area contributed by atoms with Gasteiger partial charge in [0, 0.05) is 22.1 Å². The molecule has 5 nitrogen and oxygen atoms in total. The summed E-state index contributed by atoms with van der Waals surface area (Å²) < 4.78 is 39.0. The summed E-state index contributed by atoms with van der Waals surface area (Å²) in [6.45, 7) is 3.43. The zero-order chi connectivity index (χ0) is 22.3. The molecule has 3 saturated heterocycles. The van der Waals surface area contributed by atoms with E-state index in [0.29, 0.717) is 5.92 Å². The Hall–Kier alpha value is -2.39. The molecule has 1 N–H and O–H groups in total. The fourth-order valence-corrected chi connectivity index (χ4v) is 4.68. The average molecular weight is 498 g/mol. The van der Waals surface area contributed by atoms with E-state index in [0.717, 1.165) is 39.0 Å². The van der Waals surface area contributed by atoms with Crippen LogP contribution in [0.1, 0.15) is 28.8 Å². The summed E-state index contributed by atoms with van der Waals surface area (Å²) in [4.78, 5) is 24.1. The SMILES string of the molecule is O=C(O)C(F)(F)F.O=C1c2cc(Br)ccc2-c2ccc(OC3CN4CCC3CC4)cc21. The Labute approximate surface area is 184 Å². The van der Waals surface area contributed by atoms with E-state index >= 15 is 0 Å². The van der Waals surface area contributed by atoms with Crippen LogP contribution >= 0.6 is 15.9 Å². The third kappa shape index (κ3) is 4.48. The standard InChI is InChI=1S/C20H18BrNO2.C2HF3O2/c21-13-1-3-15-16-4-2-14(10-18(16)20(23)17(15)9-13)24-19-11-22-7-5-12(19)6-8-22;3-2(4,5)1(6)7/h1-4,9-10,12,19H,5-8,11H2;(H,6,7). The van der Waals surface area contributed by atoms with Crippen molar-refractivity contribution >= 4 is 27.7 Å². The predicted molar refractivity (Wildman–Crippen MR) is 110 cm³/mol. The second-order valence-corrected chi connectivity index (χ2v) is 8.74. The van der Waals surface area contributed by atoms with E-state index < -0.39 is 12.1 Å². The predicted octanol–water partition coefficient (Wildman–Crippen LogP) is 4.77. The Morgan fingerprint density at radius 2 is 1.61 bits per heavy atom. The summed E-state index contributed by atoms with van der Waals surface area (Å²) in [7, 11) is 0. The van der Waals surface area contributed by atoms with Crippen LogP contribution in [0.4, 0.5) is 13.2 Å². The van der Waals surface area contributed by atoms with Crippen molar-refractivity contribution in [2.75, 3.05) is 19.6 Å². The molecule has 1 aliphatic carbocycles. The second kappa shape index (κ2) is 8.27. The minimum atomic E-state index is -5.08. The van der Waals surface area contributed by atoms with Gasteiger partial charge in [-0.05, 0) is 73.3 Å². The number of nitrogens with zero attached hydrogens (tertiary/aromatic N) is 1. The van der Waals surface area contributed by atoms with Gasteiger partial charge in [0.2, 0.25) is 0 Å². The maximum absolute atomic E-state index is 12.7. The molecule has 2 aromatic rings. The topological polar surface area (TPSA) is 66.8 Å². The van der Waals surface area contributed by atoms with Gasteiger partial charge in [0.1, 0.15) is 11.9 Å². The van der Waals surface area contributed by atoms with Crippen LogP contribution in [0.2, 0.25) is 0 Å². The maximum Gasteiger partial charge on any atom is 0.490 e. The van der Waals surface area contributed by atoms with Gasteiger partial charge in [0.15, 0.2) is 5.78 Å². The van der Waals surface area contributed by atoms with E-state index in [-0.39, 0.29) is 11.9 Å². The zero-order valence-corrected chi connectivity index (χ0v) is 17.9. The number of benzene rings is 2. The van der Waals surface area contributed by atoms with Crippen LogP contribution in [0.3, 0.4) is 0 Å². The monoisotopic (exact) mass is 497 g/mol. The molecule has 1 unspecified atom stereocenters. The van der Waals surface area contributed by atoms with Gasteiger partial charge in [-0.25, -0.2) is 4.79 Å². The van der Waals surface area contributed by atoms with Gasteiger partial charge in [0.25, 0.3) is 0 Å². The molecule has 9 heteroatoms. The van der Waals surface area contributed by atoms with Crippen LogP contribution in [-0.4, -0.2) is 53.7 Å². The van der Waals surface area contributed by atoms with Crippen LogP contribution < -0.4 is 4.74 Å². The molecule has 2 bridgehead atoms. The van der Waals surface area contributed by atoms with Gasteiger partial charge in [-0.1, -0.05) is 22.0 Å². The summed E-state index contributed by atoms with van der Waals surface area (Å²) in [6.07, 6.45) is -2.36. The number of ketones is 1. The molecule has 0 spiro atoms. The zero-order valence-electron chi connectivity index (χ0n) is 16.3. The fraction of sp³-hybridized carbons (Fsp3) is 0.364. The molecule has 6 rings (SSSR count). The van der Waals surface area contributed by atoms with E-state index in [1.165, 1.54) is 25.9 Å². The summed E-state index contributed by atoms with van der Waals surface area (Å²) in [5.74, 6) is -1.17.